The molecule has 0 aromatic carbocycles. The number of rotatable bonds is 3. The molecule has 0 aliphatic carbocycles. The average molecular weight is 98.9 g/mol. The van der Waals surface area contributed by atoms with Gasteiger partial charge in [0.05, 0.1) is 0 Å². The zero-order chi connectivity index (χ0) is 5.11. The van der Waals surface area contributed by atoms with Gasteiger partial charge in [-0.25, -0.2) is 0 Å². The maximum absolute atomic E-state index is 6.42. The molecule has 38 valence electrons. The number of nitrogens with one attached hydrogen (secondary N) is 1. The topological polar surface area (TPSA) is 45.6 Å². The van der Waals surface area contributed by atoms with Crippen molar-refractivity contribution >= 4 is 7.27 Å². The second-order valence-electron chi connectivity index (χ2n) is 1.41. The molecule has 0 unspecified atom stereocenters. The van der Waals surface area contributed by atoms with E-state index in [1.165, 1.54) is 0 Å². The van der Waals surface area contributed by atoms with Crippen LogP contribution in [0.3, 0.4) is 0 Å². The van der Waals surface area contributed by atoms with Crippen LogP contribution in [-0.2, 0) is 9.39 Å². The van der Waals surface area contributed by atoms with Crippen LogP contribution in [0.1, 0.15) is 0 Å². The Labute approximate surface area is 42.4 Å². The van der Waals surface area contributed by atoms with E-state index in [4.69, 9.17) is 10.0 Å². The van der Waals surface area contributed by atoms with Gasteiger partial charge >= 0.3 is 41.3 Å². The fourth-order valence-electron chi connectivity index (χ4n) is 0.320. The van der Waals surface area contributed by atoms with Gasteiger partial charge in [-0.1, -0.05) is 0 Å². The SMILES string of the molecule is N=BOC[C@@H]1CO1. The molecule has 0 aromatic rings. The Kier molecular flexibility index (Phi) is 1.41. The van der Waals surface area contributed by atoms with Gasteiger partial charge in [0.15, 0.2) is 0 Å². The number of ether oxygens (including phenoxy) is 1. The first-order valence-electron chi connectivity index (χ1n) is 2.15. The van der Waals surface area contributed by atoms with Crippen LogP contribution in [0, 0.1) is 5.31 Å². The molecule has 4 heteroatoms. The first-order valence-corrected chi connectivity index (χ1v) is 2.15. The summed E-state index contributed by atoms with van der Waals surface area (Å²) < 4.78 is 9.36. The summed E-state index contributed by atoms with van der Waals surface area (Å²) in [5.74, 6) is 0. The van der Waals surface area contributed by atoms with E-state index in [1.807, 2.05) is 0 Å². The van der Waals surface area contributed by atoms with E-state index >= 15 is 0 Å². The molecule has 1 aliphatic rings. The van der Waals surface area contributed by atoms with E-state index in [1.54, 1.807) is 0 Å². The molecule has 7 heavy (non-hydrogen) atoms. The average Bonchev–Trinajstić information content (AvgIpc) is 2.42. The van der Waals surface area contributed by atoms with Crippen LogP contribution in [0.5, 0.6) is 0 Å². The second kappa shape index (κ2) is 2.07. The molecule has 1 saturated heterocycles. The molecule has 1 heterocycles. The van der Waals surface area contributed by atoms with Crippen molar-refractivity contribution in [3.63, 3.8) is 0 Å². The third-order valence-corrected chi connectivity index (χ3v) is 0.768. The van der Waals surface area contributed by atoms with Gasteiger partial charge in [-0.3, -0.25) is 0 Å². The van der Waals surface area contributed by atoms with Gasteiger partial charge in [0.25, 0.3) is 0 Å². The second-order valence-corrected chi connectivity index (χ2v) is 1.41. The Balaban J connectivity index is 1.88. The van der Waals surface area contributed by atoms with Gasteiger partial charge in [-0.05, 0) is 0 Å². The molecule has 3 nitrogen and oxygen atoms in total. The van der Waals surface area contributed by atoms with Crippen molar-refractivity contribution in [1.82, 2.24) is 0 Å². The molecule has 0 amide bonds. The number of hydrogen-bond donors (Lipinski definition) is 1. The summed E-state index contributed by atoms with van der Waals surface area (Å²) in [5, 5.41) is 6.42. The third-order valence-electron chi connectivity index (χ3n) is 0.768. The molecule has 0 aromatic heterocycles. The van der Waals surface area contributed by atoms with Crippen LogP contribution in [0.2, 0.25) is 0 Å². The maximum atomic E-state index is 6.42. The van der Waals surface area contributed by atoms with Crippen molar-refractivity contribution in [3.05, 3.63) is 0 Å². The van der Waals surface area contributed by atoms with Gasteiger partial charge in [-0.15, -0.1) is 0 Å². The van der Waals surface area contributed by atoms with Crippen LogP contribution >= 0.6 is 0 Å². The van der Waals surface area contributed by atoms with Crippen molar-refractivity contribution in [3.8, 4) is 0 Å². The molecule has 1 atom stereocenters. The molecule has 0 radical (unpaired) electrons. The van der Waals surface area contributed by atoms with E-state index in [-0.39, 0.29) is 6.10 Å². The van der Waals surface area contributed by atoms with Gasteiger partial charge in [0.2, 0.25) is 0 Å². The molecule has 0 spiro atoms. The van der Waals surface area contributed by atoms with Crippen LogP contribution in [0.4, 0.5) is 0 Å². The first-order chi connectivity index (χ1) is 3.43. The van der Waals surface area contributed by atoms with E-state index < -0.39 is 0 Å². The van der Waals surface area contributed by atoms with E-state index in [9.17, 15) is 0 Å². The Bertz CT molecular complexity index is 73.3. The number of epoxide rings is 1. The van der Waals surface area contributed by atoms with Gasteiger partial charge in [0, 0.05) is 0 Å². The van der Waals surface area contributed by atoms with Gasteiger partial charge in [-0.2, -0.15) is 0 Å². The summed E-state index contributed by atoms with van der Waals surface area (Å²) in [6, 6.07) is 0. The summed E-state index contributed by atoms with van der Waals surface area (Å²) in [6.45, 7) is 1.34. The molecular formula is C3H6BNO2. The first kappa shape index (κ1) is 4.78. The van der Waals surface area contributed by atoms with Crippen molar-refractivity contribution in [2.45, 2.75) is 6.10 Å². The van der Waals surface area contributed by atoms with E-state index in [2.05, 4.69) is 4.65 Å². The summed E-state index contributed by atoms with van der Waals surface area (Å²) >= 11 is 0. The van der Waals surface area contributed by atoms with Gasteiger partial charge in [0.1, 0.15) is 0 Å². The van der Waals surface area contributed by atoms with Crippen molar-refractivity contribution in [1.29, 1.82) is 5.31 Å². The fourth-order valence-corrected chi connectivity index (χ4v) is 0.320. The summed E-state index contributed by atoms with van der Waals surface area (Å²) in [4.78, 5) is 0. The zero-order valence-corrected chi connectivity index (χ0v) is 3.89. The minimum atomic E-state index is 0.279. The van der Waals surface area contributed by atoms with Crippen LogP contribution in [0.15, 0.2) is 0 Å². The fraction of sp³-hybridized carbons (Fsp3) is 1.00. The van der Waals surface area contributed by atoms with Crippen molar-refractivity contribution in [2.24, 2.45) is 0 Å². The summed E-state index contributed by atoms with van der Waals surface area (Å²) in [5.41, 5.74) is 0. The molecule has 0 saturated carbocycles. The molecule has 1 N–H and O–H groups in total. The van der Waals surface area contributed by atoms with Crippen molar-refractivity contribution < 1.29 is 9.39 Å². The Morgan fingerprint density at radius 2 is 2.71 bits per heavy atom. The molecule has 1 aliphatic heterocycles. The molecule has 1 fully saturated rings. The van der Waals surface area contributed by atoms with Crippen LogP contribution in [0.25, 0.3) is 0 Å². The van der Waals surface area contributed by atoms with E-state index in [0.29, 0.717) is 6.61 Å². The normalized spacial score (nSPS) is 26.0. The molecule has 1 rings (SSSR count). The standard InChI is InChI=1S/C3H6BNO2/c5-4-7-2-3-1-6-3/h3,5H,1-2H2/t3-/m0/s1. The third kappa shape index (κ3) is 1.68. The molecular weight excluding hydrogens is 92.8 g/mol. The Hall–Kier alpha value is -0.375. The Morgan fingerprint density at radius 3 is 3.14 bits per heavy atom. The summed E-state index contributed by atoms with van der Waals surface area (Å²) in [7, 11) is 0.932. The zero-order valence-electron chi connectivity index (χ0n) is 3.89. The van der Waals surface area contributed by atoms with Crippen molar-refractivity contribution in [2.75, 3.05) is 13.2 Å². The predicted octanol–water partition coefficient (Wildman–Crippen LogP) is -0.217. The predicted molar refractivity (Wildman–Crippen MR) is 24.2 cm³/mol. The van der Waals surface area contributed by atoms with Crippen LogP contribution < -0.4 is 0 Å². The van der Waals surface area contributed by atoms with Crippen LogP contribution in [-0.4, -0.2) is 26.6 Å². The number of hydrogen-bond acceptors (Lipinski definition) is 3. The Morgan fingerprint density at radius 1 is 2.00 bits per heavy atom. The summed E-state index contributed by atoms with van der Waals surface area (Å²) in [6.07, 6.45) is 0.279. The van der Waals surface area contributed by atoms with E-state index in [0.717, 1.165) is 13.9 Å². The molecule has 0 bridgehead atoms. The minimum absolute atomic E-state index is 0.279. The van der Waals surface area contributed by atoms with Gasteiger partial charge < -0.3 is 0 Å². The quantitative estimate of drug-likeness (QED) is 0.392. The monoisotopic (exact) mass is 99.0 g/mol.